The van der Waals surface area contributed by atoms with Crippen molar-refractivity contribution >= 4 is 23.4 Å². The van der Waals surface area contributed by atoms with Crippen LogP contribution in [0.2, 0.25) is 0 Å². The highest BCUT2D eigenvalue weighted by molar-refractivity contribution is 5.87. The van der Waals surface area contributed by atoms with Crippen molar-refractivity contribution in [2.45, 2.75) is 6.92 Å². The summed E-state index contributed by atoms with van der Waals surface area (Å²) < 4.78 is 4.74. The van der Waals surface area contributed by atoms with Gasteiger partial charge in [-0.1, -0.05) is 6.07 Å². The zero-order valence-corrected chi connectivity index (χ0v) is 8.57. The molecule has 0 atom stereocenters. The highest BCUT2D eigenvalue weighted by Crippen LogP contribution is 2.16. The Balaban J connectivity index is 2.72. The van der Waals surface area contributed by atoms with Crippen LogP contribution in [0.4, 0.5) is 11.4 Å². The van der Waals surface area contributed by atoms with Gasteiger partial charge in [0.05, 0.1) is 18.0 Å². The molecule has 0 aliphatic carbocycles. The van der Waals surface area contributed by atoms with E-state index in [-0.39, 0.29) is 5.97 Å². The van der Waals surface area contributed by atoms with Crippen molar-refractivity contribution in [3.05, 3.63) is 29.8 Å². The second kappa shape index (κ2) is 5.05. The highest BCUT2D eigenvalue weighted by Gasteiger charge is 1.96. The molecule has 0 aliphatic rings. The molecule has 1 aromatic carbocycles. The average Bonchev–Trinajstić information content (AvgIpc) is 2.20. The third-order valence-electron chi connectivity index (χ3n) is 1.81. The Bertz CT molecular complexity index is 386. The highest BCUT2D eigenvalue weighted by atomic mass is 16.5. The van der Waals surface area contributed by atoms with Gasteiger partial charge in [0.2, 0.25) is 0 Å². The van der Waals surface area contributed by atoms with E-state index in [1.165, 1.54) is 6.08 Å². The third-order valence-corrected chi connectivity index (χ3v) is 1.81. The molecule has 1 aromatic rings. The van der Waals surface area contributed by atoms with E-state index in [0.717, 1.165) is 5.56 Å². The minimum atomic E-state index is -0.368. The zero-order chi connectivity index (χ0) is 11.3. The Morgan fingerprint density at radius 3 is 2.73 bits per heavy atom. The lowest BCUT2D eigenvalue weighted by Crippen LogP contribution is -1.99. The summed E-state index contributed by atoms with van der Waals surface area (Å²) >= 11 is 0. The van der Waals surface area contributed by atoms with Gasteiger partial charge in [0.25, 0.3) is 0 Å². The number of carbonyl (C=O) groups excluding carboxylic acids is 1. The molecule has 0 radical (unpaired) electrons. The molecule has 0 unspecified atom stereocenters. The quantitative estimate of drug-likeness (QED) is 0.445. The molecule has 0 aliphatic heterocycles. The van der Waals surface area contributed by atoms with Crippen LogP contribution < -0.4 is 11.5 Å². The predicted octanol–water partition coefficient (Wildman–Crippen LogP) is 1.43. The Morgan fingerprint density at radius 1 is 1.40 bits per heavy atom. The van der Waals surface area contributed by atoms with E-state index in [2.05, 4.69) is 0 Å². The number of carbonyl (C=O) groups is 1. The molecule has 0 saturated heterocycles. The molecule has 4 N–H and O–H groups in total. The monoisotopic (exact) mass is 206 g/mol. The van der Waals surface area contributed by atoms with E-state index < -0.39 is 0 Å². The molecule has 0 bridgehead atoms. The maximum atomic E-state index is 11.0. The summed E-state index contributed by atoms with van der Waals surface area (Å²) in [6, 6.07) is 5.17. The summed E-state index contributed by atoms with van der Waals surface area (Å²) in [6.07, 6.45) is 2.99. The SMILES string of the molecule is CCOC(=O)C=Cc1ccc(N)c(N)c1. The van der Waals surface area contributed by atoms with Gasteiger partial charge in [-0.2, -0.15) is 0 Å². The van der Waals surface area contributed by atoms with Gasteiger partial charge in [0.15, 0.2) is 0 Å². The summed E-state index contributed by atoms with van der Waals surface area (Å²) in [7, 11) is 0. The Morgan fingerprint density at radius 2 is 2.13 bits per heavy atom. The molecule has 4 nitrogen and oxygen atoms in total. The van der Waals surface area contributed by atoms with Gasteiger partial charge in [-0.15, -0.1) is 0 Å². The van der Waals surface area contributed by atoms with Gasteiger partial charge < -0.3 is 16.2 Å². The molecule has 80 valence electrons. The van der Waals surface area contributed by atoms with Gasteiger partial charge in [0.1, 0.15) is 0 Å². The summed E-state index contributed by atoms with van der Waals surface area (Å²) in [5.41, 5.74) is 13.0. The molecule has 0 amide bonds. The third kappa shape index (κ3) is 3.34. The first-order chi connectivity index (χ1) is 7.13. The van der Waals surface area contributed by atoms with Crippen LogP contribution in [0.3, 0.4) is 0 Å². The number of hydrogen-bond donors (Lipinski definition) is 2. The van der Waals surface area contributed by atoms with Crippen molar-refractivity contribution in [1.82, 2.24) is 0 Å². The lowest BCUT2D eigenvalue weighted by molar-refractivity contribution is -0.137. The smallest absolute Gasteiger partial charge is 0.330 e. The number of anilines is 2. The van der Waals surface area contributed by atoms with Crippen molar-refractivity contribution in [1.29, 1.82) is 0 Å². The number of nitrogen functional groups attached to an aromatic ring is 2. The van der Waals surface area contributed by atoms with Crippen LogP contribution in [0.5, 0.6) is 0 Å². The number of esters is 1. The average molecular weight is 206 g/mol. The fourth-order valence-corrected chi connectivity index (χ4v) is 1.05. The maximum absolute atomic E-state index is 11.0. The molecule has 15 heavy (non-hydrogen) atoms. The van der Waals surface area contributed by atoms with Crippen LogP contribution in [-0.4, -0.2) is 12.6 Å². The van der Waals surface area contributed by atoms with Gasteiger partial charge in [0, 0.05) is 6.08 Å². The van der Waals surface area contributed by atoms with E-state index in [1.54, 1.807) is 31.2 Å². The van der Waals surface area contributed by atoms with Crippen LogP contribution in [0, 0.1) is 0 Å². The molecule has 1 rings (SSSR count). The van der Waals surface area contributed by atoms with Crippen LogP contribution in [-0.2, 0) is 9.53 Å². The first-order valence-corrected chi connectivity index (χ1v) is 4.63. The van der Waals surface area contributed by atoms with E-state index in [0.29, 0.717) is 18.0 Å². The van der Waals surface area contributed by atoms with Gasteiger partial charge in [-0.25, -0.2) is 4.79 Å². The van der Waals surface area contributed by atoms with E-state index in [1.807, 2.05) is 0 Å². The summed E-state index contributed by atoms with van der Waals surface area (Å²) in [5, 5.41) is 0. The zero-order valence-electron chi connectivity index (χ0n) is 8.57. The second-order valence-electron chi connectivity index (χ2n) is 2.97. The summed E-state index contributed by atoms with van der Waals surface area (Å²) in [6.45, 7) is 2.12. The van der Waals surface area contributed by atoms with E-state index >= 15 is 0 Å². The van der Waals surface area contributed by atoms with Gasteiger partial charge >= 0.3 is 5.97 Å². The van der Waals surface area contributed by atoms with E-state index in [4.69, 9.17) is 16.2 Å². The molecule has 0 spiro atoms. The fourth-order valence-electron chi connectivity index (χ4n) is 1.05. The molecule has 4 heteroatoms. The first kappa shape index (κ1) is 11.1. The van der Waals surface area contributed by atoms with Crippen molar-refractivity contribution in [3.8, 4) is 0 Å². The van der Waals surface area contributed by atoms with Crippen LogP contribution in [0.15, 0.2) is 24.3 Å². The minimum absolute atomic E-state index is 0.368. The lowest BCUT2D eigenvalue weighted by atomic mass is 10.1. The number of nitrogens with two attached hydrogens (primary N) is 2. The Hall–Kier alpha value is -1.97. The normalized spacial score (nSPS) is 10.5. The number of rotatable bonds is 3. The first-order valence-electron chi connectivity index (χ1n) is 4.63. The lowest BCUT2D eigenvalue weighted by Gasteiger charge is -2.00. The van der Waals surface area contributed by atoms with Gasteiger partial charge in [-0.3, -0.25) is 0 Å². The topological polar surface area (TPSA) is 78.3 Å². The molecular formula is C11H14N2O2. The van der Waals surface area contributed by atoms with Gasteiger partial charge in [-0.05, 0) is 30.7 Å². The Labute approximate surface area is 88.5 Å². The van der Waals surface area contributed by atoms with Crippen molar-refractivity contribution < 1.29 is 9.53 Å². The second-order valence-corrected chi connectivity index (χ2v) is 2.97. The molecule has 0 aromatic heterocycles. The van der Waals surface area contributed by atoms with Crippen LogP contribution in [0.1, 0.15) is 12.5 Å². The fraction of sp³-hybridized carbons (Fsp3) is 0.182. The molecule has 0 heterocycles. The maximum Gasteiger partial charge on any atom is 0.330 e. The van der Waals surface area contributed by atoms with Crippen LogP contribution in [0.25, 0.3) is 6.08 Å². The van der Waals surface area contributed by atoms with Crippen molar-refractivity contribution in [2.75, 3.05) is 18.1 Å². The van der Waals surface area contributed by atoms with Crippen molar-refractivity contribution in [3.63, 3.8) is 0 Å². The number of ether oxygens (including phenoxy) is 1. The van der Waals surface area contributed by atoms with E-state index in [9.17, 15) is 4.79 Å². The van der Waals surface area contributed by atoms with Crippen molar-refractivity contribution in [2.24, 2.45) is 0 Å². The van der Waals surface area contributed by atoms with Crippen LogP contribution >= 0.6 is 0 Å². The largest absolute Gasteiger partial charge is 0.463 e. The minimum Gasteiger partial charge on any atom is -0.463 e. The Kier molecular flexibility index (Phi) is 3.74. The summed E-state index contributed by atoms with van der Waals surface area (Å²) in [4.78, 5) is 11.0. The standard InChI is InChI=1S/C11H14N2O2/c1-2-15-11(14)6-4-8-3-5-9(12)10(13)7-8/h3-7H,2,12-13H2,1H3. The number of hydrogen-bond acceptors (Lipinski definition) is 4. The molecule has 0 fully saturated rings. The predicted molar refractivity (Wildman–Crippen MR) is 60.9 cm³/mol. The molecule has 0 saturated carbocycles. The number of benzene rings is 1. The summed E-state index contributed by atoms with van der Waals surface area (Å²) in [5.74, 6) is -0.368. The molecular weight excluding hydrogens is 192 g/mol.